The second kappa shape index (κ2) is 8.96. The van der Waals surface area contributed by atoms with Crippen LogP contribution < -0.4 is 15.8 Å². The lowest BCUT2D eigenvalue weighted by Gasteiger charge is -2.13. The average Bonchev–Trinajstić information content (AvgIpc) is 2.77. The fourth-order valence-electron chi connectivity index (χ4n) is 3.11. The molecule has 0 fully saturated rings. The van der Waals surface area contributed by atoms with E-state index < -0.39 is 5.97 Å². The van der Waals surface area contributed by atoms with Crippen LogP contribution in [0, 0.1) is 0 Å². The minimum atomic E-state index is -0.869. The van der Waals surface area contributed by atoms with Crippen molar-refractivity contribution in [3.05, 3.63) is 90.8 Å². The molecule has 0 saturated heterocycles. The first kappa shape index (κ1) is 19.9. The summed E-state index contributed by atoms with van der Waals surface area (Å²) in [5, 5.41) is 12.1. The molecule has 4 N–H and O–H groups in total. The first-order valence-electron chi connectivity index (χ1n) is 9.60. The van der Waals surface area contributed by atoms with Crippen molar-refractivity contribution in [2.75, 3.05) is 11.1 Å². The lowest BCUT2D eigenvalue weighted by atomic mass is 10.1. The highest BCUT2D eigenvalue weighted by Gasteiger charge is 2.13. The van der Waals surface area contributed by atoms with E-state index in [0.29, 0.717) is 22.9 Å². The van der Waals surface area contributed by atoms with Crippen molar-refractivity contribution in [2.45, 2.75) is 6.42 Å². The highest BCUT2D eigenvalue weighted by atomic mass is 16.5. The number of carboxylic acid groups (broad SMARTS) is 1. The van der Waals surface area contributed by atoms with Crippen LogP contribution in [-0.2, 0) is 11.2 Å². The van der Waals surface area contributed by atoms with Gasteiger partial charge < -0.3 is 20.9 Å². The normalized spacial score (nSPS) is 10.5. The third kappa shape index (κ3) is 4.97. The Labute approximate surface area is 179 Å². The molecule has 0 saturated carbocycles. The van der Waals surface area contributed by atoms with Crippen LogP contribution in [0.15, 0.2) is 85.2 Å². The molecule has 0 atom stereocenters. The molecule has 1 aromatic heterocycles. The maximum absolute atomic E-state index is 10.9. The molecule has 0 unspecified atom stereocenters. The van der Waals surface area contributed by atoms with Crippen LogP contribution >= 0.6 is 0 Å². The first-order valence-corrected chi connectivity index (χ1v) is 9.60. The molecule has 4 rings (SSSR count). The summed E-state index contributed by atoms with van der Waals surface area (Å²) in [6, 6.07) is 24.2. The SMILES string of the molecule is Nc1ncnc(Nc2ccc(CC(=O)O)cc2)c1-c1ccc(Oc2ccccc2)cc1. The van der Waals surface area contributed by atoms with Crippen molar-refractivity contribution in [1.82, 2.24) is 9.97 Å². The maximum Gasteiger partial charge on any atom is 0.307 e. The molecular weight excluding hydrogens is 392 g/mol. The van der Waals surface area contributed by atoms with Crippen LogP contribution in [0.3, 0.4) is 0 Å². The minimum Gasteiger partial charge on any atom is -0.481 e. The minimum absolute atomic E-state index is 0.0244. The van der Waals surface area contributed by atoms with Crippen molar-refractivity contribution in [2.24, 2.45) is 0 Å². The van der Waals surface area contributed by atoms with E-state index >= 15 is 0 Å². The van der Waals surface area contributed by atoms with E-state index in [1.165, 1.54) is 6.33 Å². The van der Waals surface area contributed by atoms with Crippen LogP contribution in [0.4, 0.5) is 17.3 Å². The van der Waals surface area contributed by atoms with Gasteiger partial charge in [-0.2, -0.15) is 0 Å². The van der Waals surface area contributed by atoms with Gasteiger partial charge in [0.25, 0.3) is 0 Å². The molecule has 31 heavy (non-hydrogen) atoms. The van der Waals surface area contributed by atoms with Gasteiger partial charge in [0, 0.05) is 5.69 Å². The number of rotatable bonds is 7. The fourth-order valence-corrected chi connectivity index (χ4v) is 3.11. The third-order valence-electron chi connectivity index (χ3n) is 4.57. The van der Waals surface area contributed by atoms with Gasteiger partial charge in [0.1, 0.15) is 29.5 Å². The molecule has 0 aliphatic carbocycles. The Morgan fingerprint density at radius 1 is 0.903 bits per heavy atom. The molecule has 0 amide bonds. The van der Waals surface area contributed by atoms with Crippen LogP contribution in [0.2, 0.25) is 0 Å². The highest BCUT2D eigenvalue weighted by molar-refractivity contribution is 5.85. The van der Waals surface area contributed by atoms with E-state index in [4.69, 9.17) is 15.6 Å². The lowest BCUT2D eigenvalue weighted by Crippen LogP contribution is -2.03. The number of nitrogen functional groups attached to an aromatic ring is 1. The molecule has 7 heteroatoms. The summed E-state index contributed by atoms with van der Waals surface area (Å²) in [5.74, 6) is 1.48. The lowest BCUT2D eigenvalue weighted by molar-refractivity contribution is -0.136. The zero-order chi connectivity index (χ0) is 21.6. The Balaban J connectivity index is 1.57. The summed E-state index contributed by atoms with van der Waals surface area (Å²) < 4.78 is 5.84. The Kier molecular flexibility index (Phi) is 5.75. The summed E-state index contributed by atoms with van der Waals surface area (Å²) in [7, 11) is 0. The van der Waals surface area contributed by atoms with Crippen molar-refractivity contribution in [3.63, 3.8) is 0 Å². The van der Waals surface area contributed by atoms with Gasteiger partial charge in [-0.3, -0.25) is 4.79 Å². The number of anilines is 3. The summed E-state index contributed by atoms with van der Waals surface area (Å²) in [4.78, 5) is 19.3. The van der Waals surface area contributed by atoms with Crippen LogP contribution in [0.5, 0.6) is 11.5 Å². The molecule has 0 spiro atoms. The zero-order valence-corrected chi connectivity index (χ0v) is 16.5. The first-order chi connectivity index (χ1) is 15.1. The van der Waals surface area contributed by atoms with Gasteiger partial charge in [-0.25, -0.2) is 9.97 Å². The Morgan fingerprint density at radius 3 is 2.26 bits per heavy atom. The molecule has 4 aromatic rings. The quantitative estimate of drug-likeness (QED) is 0.396. The monoisotopic (exact) mass is 412 g/mol. The van der Waals surface area contributed by atoms with Crippen LogP contribution in [0.1, 0.15) is 5.56 Å². The van der Waals surface area contributed by atoms with Crippen molar-refractivity contribution < 1.29 is 14.6 Å². The molecule has 154 valence electrons. The molecular formula is C24H20N4O3. The number of nitrogens with one attached hydrogen (secondary N) is 1. The molecule has 0 radical (unpaired) electrons. The number of ether oxygens (including phenoxy) is 1. The second-order valence-corrected chi connectivity index (χ2v) is 6.81. The number of nitrogens with two attached hydrogens (primary N) is 1. The number of carboxylic acids is 1. The number of aromatic nitrogens is 2. The number of para-hydroxylation sites is 1. The van der Waals surface area contributed by atoms with Crippen LogP contribution in [-0.4, -0.2) is 21.0 Å². The number of hydrogen-bond donors (Lipinski definition) is 3. The standard InChI is InChI=1S/C24H20N4O3/c25-23-22(17-8-12-20(13-9-17)31-19-4-2-1-3-5-19)24(27-15-26-23)28-18-10-6-16(7-11-18)14-21(29)30/h1-13,15H,14H2,(H,29,30)(H3,25,26,27,28). The topological polar surface area (TPSA) is 110 Å². The van der Waals surface area contributed by atoms with Gasteiger partial charge in [0.05, 0.1) is 12.0 Å². The molecule has 0 bridgehead atoms. The molecule has 0 aliphatic rings. The predicted octanol–water partition coefficient (Wildman–Crippen LogP) is 4.89. The second-order valence-electron chi connectivity index (χ2n) is 6.81. The summed E-state index contributed by atoms with van der Waals surface area (Å²) in [6.45, 7) is 0. The van der Waals surface area contributed by atoms with E-state index in [0.717, 1.165) is 22.6 Å². The van der Waals surface area contributed by atoms with E-state index in [2.05, 4.69) is 15.3 Å². The Hall–Kier alpha value is -4.39. The van der Waals surface area contributed by atoms with E-state index in [1.807, 2.05) is 54.6 Å². The van der Waals surface area contributed by atoms with Gasteiger partial charge in [0.2, 0.25) is 0 Å². The highest BCUT2D eigenvalue weighted by Crippen LogP contribution is 2.34. The van der Waals surface area contributed by atoms with Crippen molar-refractivity contribution >= 4 is 23.3 Å². The number of benzene rings is 3. The molecule has 7 nitrogen and oxygen atoms in total. The number of carbonyl (C=O) groups is 1. The fraction of sp³-hybridized carbons (Fsp3) is 0.0417. The zero-order valence-electron chi connectivity index (χ0n) is 16.5. The Bertz CT molecular complexity index is 1180. The van der Waals surface area contributed by atoms with E-state index in [-0.39, 0.29) is 6.42 Å². The maximum atomic E-state index is 10.9. The van der Waals surface area contributed by atoms with E-state index in [1.54, 1.807) is 24.3 Å². The van der Waals surface area contributed by atoms with Gasteiger partial charge in [-0.1, -0.05) is 42.5 Å². The van der Waals surface area contributed by atoms with E-state index in [9.17, 15) is 4.79 Å². The largest absolute Gasteiger partial charge is 0.481 e. The summed E-state index contributed by atoms with van der Waals surface area (Å²) in [6.07, 6.45) is 1.37. The number of hydrogen-bond acceptors (Lipinski definition) is 6. The number of aliphatic carboxylic acids is 1. The molecule has 0 aliphatic heterocycles. The van der Waals surface area contributed by atoms with Crippen molar-refractivity contribution in [3.8, 4) is 22.6 Å². The van der Waals surface area contributed by atoms with Crippen LogP contribution in [0.25, 0.3) is 11.1 Å². The summed E-state index contributed by atoms with van der Waals surface area (Å²) in [5.41, 5.74) is 9.15. The third-order valence-corrected chi connectivity index (χ3v) is 4.57. The smallest absolute Gasteiger partial charge is 0.307 e. The predicted molar refractivity (Wildman–Crippen MR) is 119 cm³/mol. The van der Waals surface area contributed by atoms with Gasteiger partial charge in [-0.15, -0.1) is 0 Å². The number of nitrogens with zero attached hydrogens (tertiary/aromatic N) is 2. The Morgan fingerprint density at radius 2 is 1.58 bits per heavy atom. The summed E-state index contributed by atoms with van der Waals surface area (Å²) >= 11 is 0. The van der Waals surface area contributed by atoms with Crippen molar-refractivity contribution in [1.29, 1.82) is 0 Å². The average molecular weight is 412 g/mol. The van der Waals surface area contributed by atoms with Gasteiger partial charge in [0.15, 0.2) is 0 Å². The molecule has 3 aromatic carbocycles. The van der Waals surface area contributed by atoms with Gasteiger partial charge >= 0.3 is 5.97 Å². The van der Waals surface area contributed by atoms with Gasteiger partial charge in [-0.05, 0) is 47.5 Å². The molecule has 1 heterocycles.